The smallest absolute Gasteiger partial charge is 0.223 e. The number of piperazine rings is 1. The third-order valence-corrected chi connectivity index (χ3v) is 4.84. The van der Waals surface area contributed by atoms with Crippen LogP contribution in [0.2, 0.25) is 0 Å². The minimum Gasteiger partial charge on any atom is -0.496 e. The number of hydrogen-bond acceptors (Lipinski definition) is 5. The van der Waals surface area contributed by atoms with Gasteiger partial charge in [0.25, 0.3) is 0 Å². The molecule has 28 heavy (non-hydrogen) atoms. The number of anilines is 1. The maximum Gasteiger partial charge on any atom is 0.223 e. The van der Waals surface area contributed by atoms with Crippen molar-refractivity contribution in [2.75, 3.05) is 38.2 Å². The number of aromatic nitrogens is 1. The molecule has 1 aliphatic heterocycles. The summed E-state index contributed by atoms with van der Waals surface area (Å²) in [5, 5.41) is 2.85. The zero-order valence-corrected chi connectivity index (χ0v) is 16.1. The number of ether oxygens (including phenoxy) is 1. The lowest BCUT2D eigenvalue weighted by atomic mass is 10.2. The van der Waals surface area contributed by atoms with Crippen LogP contribution in [0.5, 0.6) is 5.75 Å². The molecule has 7 nitrogen and oxygen atoms in total. The van der Waals surface area contributed by atoms with Crippen LogP contribution < -0.4 is 15.0 Å². The highest BCUT2D eigenvalue weighted by atomic mass is 16.5. The molecule has 0 saturated carbocycles. The van der Waals surface area contributed by atoms with Crippen molar-refractivity contribution in [3.8, 4) is 5.75 Å². The molecule has 0 unspecified atom stereocenters. The lowest BCUT2D eigenvalue weighted by Gasteiger charge is -2.35. The van der Waals surface area contributed by atoms with Crippen molar-refractivity contribution < 1.29 is 14.3 Å². The Bertz CT molecular complexity index is 789. The van der Waals surface area contributed by atoms with Crippen LogP contribution >= 0.6 is 0 Å². The molecule has 7 heteroatoms. The molecule has 1 N–H and O–H groups in total. The standard InChI is InChI=1S/C21H26N4O3/c1-28-18-7-3-2-6-17(18)16-23-20(26)9-10-21(27)25-14-12-24(13-15-25)19-8-4-5-11-22-19/h2-8,11H,9-10,12-16H2,1H3,(H,23,26). The largest absolute Gasteiger partial charge is 0.496 e. The zero-order chi connectivity index (χ0) is 19.8. The number of para-hydroxylation sites is 1. The second kappa shape index (κ2) is 9.73. The third-order valence-electron chi connectivity index (χ3n) is 4.84. The SMILES string of the molecule is COc1ccccc1CNC(=O)CCC(=O)N1CCN(c2ccccn2)CC1. The predicted octanol–water partition coefficient (Wildman–Crippen LogP) is 1.84. The number of amides is 2. The molecule has 148 valence electrons. The van der Waals surface area contributed by atoms with E-state index in [2.05, 4.69) is 15.2 Å². The first kappa shape index (κ1) is 19.7. The van der Waals surface area contributed by atoms with E-state index in [4.69, 9.17) is 4.74 Å². The second-order valence-corrected chi connectivity index (χ2v) is 6.64. The van der Waals surface area contributed by atoms with E-state index in [-0.39, 0.29) is 24.7 Å². The molecule has 2 heterocycles. The topological polar surface area (TPSA) is 74.8 Å². The fourth-order valence-corrected chi connectivity index (χ4v) is 3.24. The van der Waals surface area contributed by atoms with E-state index < -0.39 is 0 Å². The van der Waals surface area contributed by atoms with Crippen molar-refractivity contribution in [3.63, 3.8) is 0 Å². The van der Waals surface area contributed by atoms with Gasteiger partial charge in [-0.25, -0.2) is 4.98 Å². The van der Waals surface area contributed by atoms with Crippen LogP contribution in [0.4, 0.5) is 5.82 Å². The lowest BCUT2D eigenvalue weighted by Crippen LogP contribution is -2.49. The van der Waals surface area contributed by atoms with Crippen molar-refractivity contribution in [2.45, 2.75) is 19.4 Å². The molecule has 0 bridgehead atoms. The summed E-state index contributed by atoms with van der Waals surface area (Å²) in [7, 11) is 1.60. The van der Waals surface area contributed by atoms with Crippen molar-refractivity contribution >= 4 is 17.6 Å². The quantitative estimate of drug-likeness (QED) is 0.791. The highest BCUT2D eigenvalue weighted by Gasteiger charge is 2.22. The van der Waals surface area contributed by atoms with Crippen molar-refractivity contribution in [1.82, 2.24) is 15.2 Å². The monoisotopic (exact) mass is 382 g/mol. The van der Waals surface area contributed by atoms with Gasteiger partial charge in [0.1, 0.15) is 11.6 Å². The molecule has 0 spiro atoms. The molecule has 0 atom stereocenters. The molecule has 2 aromatic rings. The van der Waals surface area contributed by atoms with Gasteiger partial charge in [-0.3, -0.25) is 9.59 Å². The average molecular weight is 382 g/mol. The van der Waals surface area contributed by atoms with E-state index in [1.807, 2.05) is 47.4 Å². The molecule has 1 fully saturated rings. The zero-order valence-electron chi connectivity index (χ0n) is 16.1. The molecule has 1 aliphatic rings. The Labute approximate surface area is 165 Å². The number of nitrogens with zero attached hydrogens (tertiary/aromatic N) is 3. The Morgan fingerprint density at radius 3 is 2.50 bits per heavy atom. The van der Waals surface area contributed by atoms with Crippen LogP contribution in [0.1, 0.15) is 18.4 Å². The highest BCUT2D eigenvalue weighted by molar-refractivity contribution is 5.84. The van der Waals surface area contributed by atoms with Crippen molar-refractivity contribution in [3.05, 3.63) is 54.2 Å². The van der Waals surface area contributed by atoms with Crippen LogP contribution in [0.25, 0.3) is 0 Å². The first-order chi connectivity index (χ1) is 13.7. The molecule has 0 aliphatic carbocycles. The number of nitrogens with one attached hydrogen (secondary N) is 1. The van der Waals surface area contributed by atoms with Gasteiger partial charge in [0, 0.05) is 57.3 Å². The molecule has 0 radical (unpaired) electrons. The fraction of sp³-hybridized carbons (Fsp3) is 0.381. The Balaban J connectivity index is 1.39. The Kier molecular flexibility index (Phi) is 6.84. The van der Waals surface area contributed by atoms with Crippen molar-refractivity contribution in [2.24, 2.45) is 0 Å². The molecule has 1 aromatic carbocycles. The summed E-state index contributed by atoms with van der Waals surface area (Å²) in [5.41, 5.74) is 0.912. The molecule has 1 aromatic heterocycles. The Hall–Kier alpha value is -3.09. The normalized spacial score (nSPS) is 13.9. The van der Waals surface area contributed by atoms with Gasteiger partial charge in [-0.15, -0.1) is 0 Å². The van der Waals surface area contributed by atoms with Gasteiger partial charge < -0.3 is 19.9 Å². The van der Waals surface area contributed by atoms with Gasteiger partial charge in [-0.1, -0.05) is 24.3 Å². The van der Waals surface area contributed by atoms with E-state index in [1.165, 1.54) is 0 Å². The highest BCUT2D eigenvalue weighted by Crippen LogP contribution is 2.17. The van der Waals surface area contributed by atoms with Crippen LogP contribution in [-0.2, 0) is 16.1 Å². The number of carbonyl (C=O) groups excluding carboxylic acids is 2. The Morgan fingerprint density at radius 2 is 1.79 bits per heavy atom. The number of carbonyl (C=O) groups is 2. The van der Waals surface area contributed by atoms with Crippen LogP contribution in [0, 0.1) is 0 Å². The molecular formula is C21H26N4O3. The number of benzene rings is 1. The van der Waals surface area contributed by atoms with Gasteiger partial charge in [0.05, 0.1) is 7.11 Å². The molecular weight excluding hydrogens is 356 g/mol. The Morgan fingerprint density at radius 1 is 1.04 bits per heavy atom. The van der Waals surface area contributed by atoms with E-state index >= 15 is 0 Å². The summed E-state index contributed by atoms with van der Waals surface area (Å²) in [4.78, 5) is 32.9. The van der Waals surface area contributed by atoms with Crippen LogP contribution in [0.3, 0.4) is 0 Å². The van der Waals surface area contributed by atoms with Gasteiger partial charge in [-0.2, -0.15) is 0 Å². The van der Waals surface area contributed by atoms with Gasteiger partial charge >= 0.3 is 0 Å². The number of pyridine rings is 1. The summed E-state index contributed by atoms with van der Waals surface area (Å²) in [6, 6.07) is 13.4. The van der Waals surface area contributed by atoms with E-state index in [9.17, 15) is 9.59 Å². The van der Waals surface area contributed by atoms with E-state index in [1.54, 1.807) is 13.3 Å². The second-order valence-electron chi connectivity index (χ2n) is 6.64. The summed E-state index contributed by atoms with van der Waals surface area (Å²) in [6.45, 7) is 3.20. The molecule has 2 amide bonds. The third kappa shape index (κ3) is 5.22. The summed E-state index contributed by atoms with van der Waals surface area (Å²) in [6.07, 6.45) is 2.19. The van der Waals surface area contributed by atoms with Crippen LogP contribution in [0.15, 0.2) is 48.7 Å². The first-order valence-electron chi connectivity index (χ1n) is 9.49. The predicted molar refractivity (Wildman–Crippen MR) is 107 cm³/mol. The number of hydrogen-bond donors (Lipinski definition) is 1. The minimum absolute atomic E-state index is 0.0214. The average Bonchev–Trinajstić information content (AvgIpc) is 2.77. The lowest BCUT2D eigenvalue weighted by molar-refractivity contribution is -0.133. The summed E-state index contributed by atoms with van der Waals surface area (Å²) < 4.78 is 5.28. The minimum atomic E-state index is -0.133. The molecule has 1 saturated heterocycles. The first-order valence-corrected chi connectivity index (χ1v) is 9.49. The maximum atomic E-state index is 12.4. The van der Waals surface area contributed by atoms with Crippen molar-refractivity contribution in [1.29, 1.82) is 0 Å². The van der Waals surface area contributed by atoms with Gasteiger partial charge in [-0.05, 0) is 18.2 Å². The number of methoxy groups -OCH3 is 1. The van der Waals surface area contributed by atoms with Crippen LogP contribution in [-0.4, -0.2) is 55.0 Å². The van der Waals surface area contributed by atoms with E-state index in [0.717, 1.165) is 30.2 Å². The number of rotatable bonds is 7. The fourth-order valence-electron chi connectivity index (χ4n) is 3.24. The summed E-state index contributed by atoms with van der Waals surface area (Å²) in [5.74, 6) is 1.56. The van der Waals surface area contributed by atoms with E-state index in [0.29, 0.717) is 19.6 Å². The molecule has 3 rings (SSSR count). The summed E-state index contributed by atoms with van der Waals surface area (Å²) >= 11 is 0. The van der Waals surface area contributed by atoms with Gasteiger partial charge in [0.2, 0.25) is 11.8 Å². The van der Waals surface area contributed by atoms with Gasteiger partial charge in [0.15, 0.2) is 0 Å². The maximum absolute atomic E-state index is 12.4.